The van der Waals surface area contributed by atoms with Crippen LogP contribution in [-0.4, -0.2) is 27.9 Å². The Balaban J connectivity index is 1.71. The fraction of sp³-hybridized carbons (Fsp3) is 0.500. The number of nitrogens with zero attached hydrogens (tertiary/aromatic N) is 3. The molecule has 2 aliphatic heterocycles. The van der Waals surface area contributed by atoms with Crippen LogP contribution in [0.5, 0.6) is 0 Å². The van der Waals surface area contributed by atoms with Crippen LogP contribution in [0.1, 0.15) is 41.5 Å². The molecule has 0 bridgehead atoms. The third-order valence-electron chi connectivity index (χ3n) is 4.63. The number of hydrogen-bond acceptors (Lipinski definition) is 3. The van der Waals surface area contributed by atoms with Gasteiger partial charge in [-0.1, -0.05) is 24.3 Å². The summed E-state index contributed by atoms with van der Waals surface area (Å²) in [6.07, 6.45) is 4.45. The Morgan fingerprint density at radius 3 is 2.65 bits per heavy atom. The van der Waals surface area contributed by atoms with Gasteiger partial charge in [-0.2, -0.15) is 0 Å². The van der Waals surface area contributed by atoms with E-state index in [0.717, 1.165) is 38.3 Å². The third kappa shape index (κ3) is 2.04. The number of aryl methyl sites for hydroxylation is 2. The largest absolute Gasteiger partial charge is 0.317 e. The van der Waals surface area contributed by atoms with Crippen molar-refractivity contribution in [1.82, 2.24) is 20.1 Å². The Bertz CT molecular complexity index is 611. The van der Waals surface area contributed by atoms with E-state index in [-0.39, 0.29) is 0 Å². The Labute approximate surface area is 119 Å². The highest BCUT2D eigenvalue weighted by molar-refractivity contribution is 5.30. The fourth-order valence-electron chi connectivity index (χ4n) is 3.46. The molecule has 2 aliphatic rings. The molecule has 0 unspecified atom stereocenters. The van der Waals surface area contributed by atoms with E-state index in [1.165, 1.54) is 29.8 Å². The van der Waals surface area contributed by atoms with Crippen LogP contribution in [0.3, 0.4) is 0 Å². The van der Waals surface area contributed by atoms with Crippen molar-refractivity contribution in [2.24, 2.45) is 0 Å². The molecule has 0 atom stereocenters. The lowest BCUT2D eigenvalue weighted by atomic mass is 9.97. The van der Waals surface area contributed by atoms with E-state index < -0.39 is 0 Å². The van der Waals surface area contributed by atoms with Crippen LogP contribution in [0.4, 0.5) is 0 Å². The molecule has 0 amide bonds. The lowest BCUT2D eigenvalue weighted by Gasteiger charge is -2.22. The van der Waals surface area contributed by atoms with Crippen LogP contribution in [0.15, 0.2) is 24.3 Å². The van der Waals surface area contributed by atoms with Crippen molar-refractivity contribution in [3.05, 3.63) is 47.0 Å². The number of nitrogens with one attached hydrogen (secondary N) is 1. The summed E-state index contributed by atoms with van der Waals surface area (Å²) in [6.45, 7) is 3.14. The molecule has 20 heavy (non-hydrogen) atoms. The first kappa shape index (κ1) is 12.1. The molecule has 4 rings (SSSR count). The van der Waals surface area contributed by atoms with Gasteiger partial charge in [0, 0.05) is 12.3 Å². The maximum atomic E-state index is 4.52. The molecule has 104 valence electrons. The smallest absolute Gasteiger partial charge is 0.136 e. The second-order valence-corrected chi connectivity index (χ2v) is 5.85. The van der Waals surface area contributed by atoms with Crippen molar-refractivity contribution in [2.45, 2.75) is 38.1 Å². The summed E-state index contributed by atoms with van der Waals surface area (Å²) in [6, 6.07) is 8.77. The molecule has 0 radical (unpaired) electrons. The minimum Gasteiger partial charge on any atom is -0.317 e. The van der Waals surface area contributed by atoms with E-state index in [4.69, 9.17) is 0 Å². The number of rotatable bonds is 1. The van der Waals surface area contributed by atoms with E-state index in [1.54, 1.807) is 0 Å². The molecule has 1 saturated heterocycles. The highest BCUT2D eigenvalue weighted by atomic mass is 15.3. The van der Waals surface area contributed by atoms with Gasteiger partial charge in [0.05, 0.1) is 6.54 Å². The molecule has 1 aromatic carbocycles. The molecule has 4 heteroatoms. The maximum Gasteiger partial charge on any atom is 0.136 e. The molecule has 1 aromatic heterocycles. The van der Waals surface area contributed by atoms with Crippen LogP contribution in [0, 0.1) is 0 Å². The van der Waals surface area contributed by atoms with E-state index in [2.05, 4.69) is 44.3 Å². The Kier molecular flexibility index (Phi) is 3.03. The van der Waals surface area contributed by atoms with Crippen molar-refractivity contribution >= 4 is 0 Å². The first-order chi connectivity index (χ1) is 9.92. The Morgan fingerprint density at radius 1 is 1.00 bits per heavy atom. The second-order valence-electron chi connectivity index (χ2n) is 5.85. The number of benzene rings is 1. The highest BCUT2D eigenvalue weighted by Gasteiger charge is 2.24. The van der Waals surface area contributed by atoms with Gasteiger partial charge in [0.1, 0.15) is 11.6 Å². The predicted molar refractivity (Wildman–Crippen MR) is 77.8 cm³/mol. The number of piperidine rings is 1. The summed E-state index contributed by atoms with van der Waals surface area (Å²) in [5.41, 5.74) is 2.90. The summed E-state index contributed by atoms with van der Waals surface area (Å²) in [7, 11) is 0. The van der Waals surface area contributed by atoms with E-state index in [0.29, 0.717) is 5.92 Å². The van der Waals surface area contributed by atoms with Gasteiger partial charge in [0.25, 0.3) is 0 Å². The van der Waals surface area contributed by atoms with Gasteiger partial charge in [0.2, 0.25) is 0 Å². The number of aromatic nitrogens is 3. The van der Waals surface area contributed by atoms with Gasteiger partial charge in [-0.25, -0.2) is 0 Å². The summed E-state index contributed by atoms with van der Waals surface area (Å²) >= 11 is 0. The molecular weight excluding hydrogens is 248 g/mol. The second kappa shape index (κ2) is 5.02. The van der Waals surface area contributed by atoms with Crippen LogP contribution >= 0.6 is 0 Å². The molecule has 1 fully saturated rings. The molecule has 0 spiro atoms. The van der Waals surface area contributed by atoms with Crippen LogP contribution in [0.2, 0.25) is 0 Å². The van der Waals surface area contributed by atoms with Crippen molar-refractivity contribution in [3.8, 4) is 0 Å². The third-order valence-corrected chi connectivity index (χ3v) is 4.63. The van der Waals surface area contributed by atoms with E-state index >= 15 is 0 Å². The van der Waals surface area contributed by atoms with Gasteiger partial charge in [-0.05, 0) is 43.5 Å². The average Bonchev–Trinajstić information content (AvgIpc) is 2.81. The Hall–Kier alpha value is -1.68. The first-order valence-corrected chi connectivity index (χ1v) is 7.61. The monoisotopic (exact) mass is 268 g/mol. The van der Waals surface area contributed by atoms with Gasteiger partial charge < -0.3 is 9.88 Å². The first-order valence-electron chi connectivity index (χ1n) is 7.61. The van der Waals surface area contributed by atoms with Crippen LogP contribution in [0.25, 0.3) is 0 Å². The summed E-state index contributed by atoms with van der Waals surface area (Å²) in [5, 5.41) is 12.4. The molecule has 2 aromatic rings. The highest BCUT2D eigenvalue weighted by Crippen LogP contribution is 2.27. The zero-order valence-electron chi connectivity index (χ0n) is 11.7. The van der Waals surface area contributed by atoms with Crippen LogP contribution in [-0.2, 0) is 19.4 Å². The fourth-order valence-corrected chi connectivity index (χ4v) is 3.46. The minimum atomic E-state index is 0.572. The van der Waals surface area contributed by atoms with Crippen LogP contribution < -0.4 is 5.32 Å². The molecule has 4 nitrogen and oxygen atoms in total. The summed E-state index contributed by atoms with van der Waals surface area (Å²) in [4.78, 5) is 0. The molecule has 1 N–H and O–H groups in total. The quantitative estimate of drug-likeness (QED) is 0.859. The van der Waals surface area contributed by atoms with Gasteiger partial charge >= 0.3 is 0 Å². The van der Waals surface area contributed by atoms with Gasteiger partial charge in [0.15, 0.2) is 0 Å². The maximum absolute atomic E-state index is 4.52. The number of fused-ring (bicyclic) bond motifs is 2. The van der Waals surface area contributed by atoms with Crippen molar-refractivity contribution in [3.63, 3.8) is 0 Å². The van der Waals surface area contributed by atoms with Crippen molar-refractivity contribution in [1.29, 1.82) is 0 Å². The Morgan fingerprint density at radius 2 is 1.80 bits per heavy atom. The zero-order valence-corrected chi connectivity index (χ0v) is 11.7. The van der Waals surface area contributed by atoms with Crippen molar-refractivity contribution in [2.75, 3.05) is 13.1 Å². The molecular formula is C16H20N4. The lowest BCUT2D eigenvalue weighted by molar-refractivity contribution is 0.432. The average molecular weight is 268 g/mol. The normalized spacial score (nSPS) is 19.2. The molecule has 0 saturated carbocycles. The minimum absolute atomic E-state index is 0.572. The molecule has 3 heterocycles. The van der Waals surface area contributed by atoms with E-state index in [9.17, 15) is 0 Å². The predicted octanol–water partition coefficient (Wildman–Crippen LogP) is 1.89. The van der Waals surface area contributed by atoms with Crippen molar-refractivity contribution < 1.29 is 0 Å². The SMILES string of the molecule is c1ccc2c(c1)CCc1nnc(C3CCNCC3)n1C2. The number of hydrogen-bond donors (Lipinski definition) is 1. The van der Waals surface area contributed by atoms with E-state index in [1.807, 2.05) is 0 Å². The zero-order chi connectivity index (χ0) is 13.4. The van der Waals surface area contributed by atoms with Gasteiger partial charge in [-0.15, -0.1) is 10.2 Å². The summed E-state index contributed by atoms with van der Waals surface area (Å²) in [5.74, 6) is 2.94. The topological polar surface area (TPSA) is 42.7 Å². The molecule has 0 aliphatic carbocycles. The standard InChI is InChI=1S/C16H20N4/c1-2-4-14-11-20-15(6-5-12(14)3-1)18-19-16(20)13-7-9-17-10-8-13/h1-4,13,17H,5-11H2. The lowest BCUT2D eigenvalue weighted by Crippen LogP contribution is -2.28. The van der Waals surface area contributed by atoms with Gasteiger partial charge in [-0.3, -0.25) is 0 Å². The summed E-state index contributed by atoms with van der Waals surface area (Å²) < 4.78 is 2.38.